The summed E-state index contributed by atoms with van der Waals surface area (Å²) >= 11 is 3.42. The maximum absolute atomic E-state index is 11.6. The molecule has 1 saturated carbocycles. The minimum absolute atomic E-state index is 0.118. The van der Waals surface area contributed by atoms with E-state index in [1.54, 1.807) is 0 Å². The summed E-state index contributed by atoms with van der Waals surface area (Å²) in [5.41, 5.74) is 1.06. The Bertz CT molecular complexity index is 556. The van der Waals surface area contributed by atoms with Gasteiger partial charge in [0.2, 0.25) is 15.9 Å². The monoisotopic (exact) mass is 317 g/mol. The van der Waals surface area contributed by atoms with Crippen LogP contribution in [0.1, 0.15) is 17.9 Å². The summed E-state index contributed by atoms with van der Waals surface area (Å²) in [6.45, 7) is 0. The lowest BCUT2D eigenvalue weighted by molar-refractivity contribution is -0.120. The third-order valence-electron chi connectivity index (χ3n) is 2.72. The molecular weight excluding hydrogens is 306 g/mol. The van der Waals surface area contributed by atoms with E-state index < -0.39 is 15.9 Å². The van der Waals surface area contributed by atoms with Crippen LogP contribution in [0.3, 0.4) is 0 Å². The molecule has 0 aromatic heterocycles. The summed E-state index contributed by atoms with van der Waals surface area (Å²) in [5, 5.41) is 0. The topological polar surface area (TPSA) is 63.2 Å². The first-order valence-electron chi connectivity index (χ1n) is 5.14. The van der Waals surface area contributed by atoms with Crippen molar-refractivity contribution >= 4 is 31.9 Å². The van der Waals surface area contributed by atoms with Crippen LogP contribution in [0.4, 0.5) is 0 Å². The molecule has 0 spiro atoms. The summed E-state index contributed by atoms with van der Waals surface area (Å²) in [5.74, 6) is -0.524. The average Bonchev–Trinajstić information content (AvgIpc) is 2.95. The molecule has 2 atom stereocenters. The van der Waals surface area contributed by atoms with E-state index in [2.05, 4.69) is 15.9 Å². The molecular formula is C11H12BrNO3S. The van der Waals surface area contributed by atoms with Gasteiger partial charge in [0.25, 0.3) is 0 Å². The minimum atomic E-state index is -3.46. The fourth-order valence-corrected chi connectivity index (χ4v) is 2.96. The van der Waals surface area contributed by atoms with Crippen LogP contribution in [-0.2, 0) is 14.8 Å². The molecule has 0 unspecified atom stereocenters. The van der Waals surface area contributed by atoms with Gasteiger partial charge in [-0.1, -0.05) is 34.1 Å². The van der Waals surface area contributed by atoms with Crippen molar-refractivity contribution in [3.05, 3.63) is 34.3 Å². The number of sulfonamides is 1. The van der Waals surface area contributed by atoms with Crippen molar-refractivity contribution in [2.24, 2.45) is 5.92 Å². The van der Waals surface area contributed by atoms with Crippen LogP contribution < -0.4 is 4.72 Å². The van der Waals surface area contributed by atoms with E-state index in [1.807, 2.05) is 29.0 Å². The third-order valence-corrected chi connectivity index (χ3v) is 4.01. The van der Waals surface area contributed by atoms with Gasteiger partial charge in [0.05, 0.1) is 6.26 Å². The molecule has 1 fully saturated rings. The van der Waals surface area contributed by atoms with E-state index in [1.165, 1.54) is 0 Å². The van der Waals surface area contributed by atoms with Crippen molar-refractivity contribution in [2.75, 3.05) is 6.26 Å². The highest BCUT2D eigenvalue weighted by atomic mass is 79.9. The van der Waals surface area contributed by atoms with Crippen molar-refractivity contribution < 1.29 is 13.2 Å². The Morgan fingerprint density at radius 2 is 2.06 bits per heavy atom. The summed E-state index contributed by atoms with van der Waals surface area (Å²) in [6.07, 6.45) is 1.69. The number of amides is 1. The highest BCUT2D eigenvalue weighted by Gasteiger charge is 2.45. The van der Waals surface area contributed by atoms with E-state index in [0.717, 1.165) is 16.3 Å². The first kappa shape index (κ1) is 12.6. The molecule has 1 amide bonds. The molecule has 1 aliphatic carbocycles. The van der Waals surface area contributed by atoms with Gasteiger partial charge in [-0.3, -0.25) is 9.52 Å². The number of benzene rings is 1. The fourth-order valence-electron chi connectivity index (χ4n) is 1.86. The van der Waals surface area contributed by atoms with Crippen LogP contribution in [0.5, 0.6) is 0 Å². The number of carbonyl (C=O) groups excluding carboxylic acids is 1. The van der Waals surface area contributed by atoms with Crippen LogP contribution in [-0.4, -0.2) is 20.6 Å². The van der Waals surface area contributed by atoms with E-state index in [-0.39, 0.29) is 11.8 Å². The molecule has 0 heterocycles. The van der Waals surface area contributed by atoms with E-state index in [9.17, 15) is 13.2 Å². The third kappa shape index (κ3) is 3.07. The summed E-state index contributed by atoms with van der Waals surface area (Å²) < 4.78 is 24.9. The number of nitrogens with one attached hydrogen (secondary N) is 1. The normalized spacial score (nSPS) is 23.2. The summed E-state index contributed by atoms with van der Waals surface area (Å²) in [4.78, 5) is 11.6. The molecule has 4 nitrogen and oxygen atoms in total. The molecule has 17 heavy (non-hydrogen) atoms. The van der Waals surface area contributed by atoms with Crippen molar-refractivity contribution in [3.8, 4) is 0 Å². The predicted molar refractivity (Wildman–Crippen MR) is 68.0 cm³/mol. The van der Waals surface area contributed by atoms with Gasteiger partial charge in [-0.2, -0.15) is 0 Å². The van der Waals surface area contributed by atoms with Gasteiger partial charge in [0.1, 0.15) is 0 Å². The number of hydrogen-bond donors (Lipinski definition) is 1. The molecule has 1 aromatic rings. The zero-order chi connectivity index (χ0) is 12.6. The Hall–Kier alpha value is -0.880. The van der Waals surface area contributed by atoms with Gasteiger partial charge in [-0.25, -0.2) is 8.42 Å². The lowest BCUT2D eigenvalue weighted by Crippen LogP contribution is -2.30. The van der Waals surface area contributed by atoms with Gasteiger partial charge in [0, 0.05) is 10.4 Å². The van der Waals surface area contributed by atoms with Crippen molar-refractivity contribution in [3.63, 3.8) is 0 Å². The molecule has 0 radical (unpaired) electrons. The molecule has 0 saturated heterocycles. The fraction of sp³-hybridized carbons (Fsp3) is 0.364. The lowest BCUT2D eigenvalue weighted by atomic mass is 10.1. The quantitative estimate of drug-likeness (QED) is 0.921. The van der Waals surface area contributed by atoms with Gasteiger partial charge in [0.15, 0.2) is 0 Å². The number of hydrogen-bond acceptors (Lipinski definition) is 3. The first-order chi connectivity index (χ1) is 7.88. The van der Waals surface area contributed by atoms with Crippen LogP contribution >= 0.6 is 15.9 Å². The molecule has 0 bridgehead atoms. The highest BCUT2D eigenvalue weighted by molar-refractivity contribution is 9.10. The summed E-state index contributed by atoms with van der Waals surface area (Å²) in [6, 6.07) is 7.67. The second-order valence-electron chi connectivity index (χ2n) is 4.21. The molecule has 1 aromatic carbocycles. The average molecular weight is 318 g/mol. The van der Waals surface area contributed by atoms with Crippen molar-refractivity contribution in [2.45, 2.75) is 12.3 Å². The molecule has 1 N–H and O–H groups in total. The standard InChI is InChI=1S/C11H12BrNO3S/c1-17(15,16)13-11(14)9-6-8(9)7-4-2-3-5-10(7)12/h2-5,8-9H,6H2,1H3,(H,13,14)/t8-,9+/m1/s1. The van der Waals surface area contributed by atoms with Crippen LogP contribution in [0.2, 0.25) is 0 Å². The van der Waals surface area contributed by atoms with E-state index in [4.69, 9.17) is 0 Å². The Labute approximate surface area is 109 Å². The molecule has 2 rings (SSSR count). The van der Waals surface area contributed by atoms with Gasteiger partial charge in [-0.15, -0.1) is 0 Å². The Kier molecular flexibility index (Phi) is 3.27. The lowest BCUT2D eigenvalue weighted by Gasteiger charge is -2.04. The number of carbonyl (C=O) groups is 1. The Balaban J connectivity index is 2.07. The number of halogens is 1. The second kappa shape index (κ2) is 4.42. The Morgan fingerprint density at radius 3 is 2.65 bits per heavy atom. The first-order valence-corrected chi connectivity index (χ1v) is 7.83. The highest BCUT2D eigenvalue weighted by Crippen LogP contribution is 2.49. The zero-order valence-electron chi connectivity index (χ0n) is 9.18. The molecule has 6 heteroatoms. The second-order valence-corrected chi connectivity index (χ2v) is 6.81. The molecule has 92 valence electrons. The smallest absolute Gasteiger partial charge is 0.237 e. The molecule has 0 aliphatic heterocycles. The van der Waals surface area contributed by atoms with Crippen LogP contribution in [0, 0.1) is 5.92 Å². The zero-order valence-corrected chi connectivity index (χ0v) is 11.6. The number of rotatable bonds is 3. The summed E-state index contributed by atoms with van der Waals surface area (Å²) in [7, 11) is -3.46. The van der Waals surface area contributed by atoms with Crippen LogP contribution in [0.15, 0.2) is 28.7 Å². The van der Waals surface area contributed by atoms with E-state index in [0.29, 0.717) is 6.42 Å². The SMILES string of the molecule is CS(=O)(=O)NC(=O)[C@H]1C[C@@H]1c1ccccc1Br. The largest absolute Gasteiger partial charge is 0.274 e. The van der Waals surface area contributed by atoms with Gasteiger partial charge < -0.3 is 0 Å². The van der Waals surface area contributed by atoms with Crippen molar-refractivity contribution in [1.82, 2.24) is 4.72 Å². The maximum atomic E-state index is 11.6. The van der Waals surface area contributed by atoms with Crippen LogP contribution in [0.25, 0.3) is 0 Å². The van der Waals surface area contributed by atoms with Crippen molar-refractivity contribution in [1.29, 1.82) is 0 Å². The molecule has 1 aliphatic rings. The predicted octanol–water partition coefficient (Wildman–Crippen LogP) is 1.63. The van der Waals surface area contributed by atoms with Gasteiger partial charge >= 0.3 is 0 Å². The van der Waals surface area contributed by atoms with E-state index >= 15 is 0 Å². The minimum Gasteiger partial charge on any atom is -0.274 e. The van der Waals surface area contributed by atoms with Gasteiger partial charge in [-0.05, 0) is 24.0 Å². The maximum Gasteiger partial charge on any atom is 0.237 e. The Morgan fingerprint density at radius 1 is 1.41 bits per heavy atom.